The first kappa shape index (κ1) is 10.7. The molecule has 2 aromatic rings. The minimum Gasteiger partial charge on any atom is -0.365 e. The SMILES string of the molecule is Cc1ccccc1NC(C#N)c1cncs1. The van der Waals surface area contributed by atoms with E-state index in [2.05, 4.69) is 16.4 Å². The summed E-state index contributed by atoms with van der Waals surface area (Å²) >= 11 is 1.48. The van der Waals surface area contributed by atoms with Crippen molar-refractivity contribution in [1.29, 1.82) is 5.26 Å². The third-order valence-electron chi connectivity index (χ3n) is 2.31. The number of aromatic nitrogens is 1. The molecule has 0 aliphatic carbocycles. The van der Waals surface area contributed by atoms with Gasteiger partial charge in [0.2, 0.25) is 0 Å². The summed E-state index contributed by atoms with van der Waals surface area (Å²) in [4.78, 5) is 4.92. The number of nitriles is 1. The van der Waals surface area contributed by atoms with Crippen molar-refractivity contribution >= 4 is 17.0 Å². The molecule has 0 radical (unpaired) electrons. The van der Waals surface area contributed by atoms with E-state index < -0.39 is 0 Å². The molecule has 3 nitrogen and oxygen atoms in total. The molecule has 0 aliphatic heterocycles. The molecular formula is C12H11N3S. The van der Waals surface area contributed by atoms with Gasteiger partial charge in [-0.15, -0.1) is 11.3 Å². The van der Waals surface area contributed by atoms with Crippen LogP contribution in [-0.2, 0) is 0 Å². The van der Waals surface area contributed by atoms with Gasteiger partial charge in [0, 0.05) is 11.9 Å². The zero-order chi connectivity index (χ0) is 11.4. The van der Waals surface area contributed by atoms with Gasteiger partial charge in [0.05, 0.1) is 16.5 Å². The standard InChI is InChI=1S/C12H11N3S/c1-9-4-2-3-5-10(9)15-11(6-13)12-7-14-8-16-12/h2-5,7-8,11,15H,1H3. The molecule has 0 saturated heterocycles. The molecule has 2 rings (SSSR count). The van der Waals surface area contributed by atoms with E-state index in [0.717, 1.165) is 16.1 Å². The second-order valence-corrected chi connectivity index (χ2v) is 4.34. The summed E-state index contributed by atoms with van der Waals surface area (Å²) in [5.74, 6) is 0. The normalized spacial score (nSPS) is 11.8. The monoisotopic (exact) mass is 229 g/mol. The van der Waals surface area contributed by atoms with E-state index in [0.29, 0.717) is 0 Å². The lowest BCUT2D eigenvalue weighted by molar-refractivity contribution is 1.02. The van der Waals surface area contributed by atoms with E-state index in [-0.39, 0.29) is 6.04 Å². The molecule has 1 aromatic carbocycles. The summed E-state index contributed by atoms with van der Waals surface area (Å²) in [6, 6.07) is 9.84. The number of nitrogens with zero attached hydrogens (tertiary/aromatic N) is 2. The Hall–Kier alpha value is -1.86. The fraction of sp³-hybridized carbons (Fsp3) is 0.167. The fourth-order valence-corrected chi connectivity index (χ4v) is 2.04. The largest absolute Gasteiger partial charge is 0.365 e. The van der Waals surface area contributed by atoms with Gasteiger partial charge in [-0.1, -0.05) is 18.2 Å². The van der Waals surface area contributed by atoms with Gasteiger partial charge in [0.25, 0.3) is 0 Å². The average molecular weight is 229 g/mol. The molecule has 0 fully saturated rings. The van der Waals surface area contributed by atoms with Gasteiger partial charge in [-0.25, -0.2) is 0 Å². The Morgan fingerprint density at radius 1 is 1.44 bits per heavy atom. The quantitative estimate of drug-likeness (QED) is 0.879. The van der Waals surface area contributed by atoms with Crippen LogP contribution in [0.25, 0.3) is 0 Å². The molecule has 1 N–H and O–H groups in total. The highest BCUT2D eigenvalue weighted by Gasteiger charge is 2.12. The van der Waals surface area contributed by atoms with Crippen LogP contribution in [0.3, 0.4) is 0 Å². The highest BCUT2D eigenvalue weighted by molar-refractivity contribution is 7.09. The average Bonchev–Trinajstić information content (AvgIpc) is 2.81. The van der Waals surface area contributed by atoms with Crippen molar-refractivity contribution in [3.05, 3.63) is 46.4 Å². The van der Waals surface area contributed by atoms with E-state index in [9.17, 15) is 0 Å². The Kier molecular flexibility index (Phi) is 3.18. The van der Waals surface area contributed by atoms with Gasteiger partial charge < -0.3 is 5.32 Å². The number of aryl methyl sites for hydroxylation is 1. The van der Waals surface area contributed by atoms with Gasteiger partial charge >= 0.3 is 0 Å². The molecule has 0 spiro atoms. The van der Waals surface area contributed by atoms with Crippen LogP contribution in [-0.4, -0.2) is 4.98 Å². The number of nitrogens with one attached hydrogen (secondary N) is 1. The van der Waals surface area contributed by atoms with Crippen molar-refractivity contribution < 1.29 is 0 Å². The maximum atomic E-state index is 9.12. The van der Waals surface area contributed by atoms with E-state index in [1.807, 2.05) is 31.2 Å². The Bertz CT molecular complexity index is 499. The van der Waals surface area contributed by atoms with Gasteiger partial charge in [-0.05, 0) is 18.6 Å². The molecule has 0 amide bonds. The van der Waals surface area contributed by atoms with E-state index >= 15 is 0 Å². The molecule has 1 aromatic heterocycles. The molecule has 80 valence electrons. The summed E-state index contributed by atoms with van der Waals surface area (Å²) in [7, 11) is 0. The maximum Gasteiger partial charge on any atom is 0.151 e. The number of thiazole rings is 1. The first-order chi connectivity index (χ1) is 7.81. The van der Waals surface area contributed by atoms with Crippen molar-refractivity contribution in [3.63, 3.8) is 0 Å². The summed E-state index contributed by atoms with van der Waals surface area (Å²) < 4.78 is 0. The molecule has 1 heterocycles. The zero-order valence-corrected chi connectivity index (χ0v) is 9.66. The molecule has 0 saturated carbocycles. The molecule has 1 unspecified atom stereocenters. The van der Waals surface area contributed by atoms with Crippen LogP contribution in [0.5, 0.6) is 0 Å². The first-order valence-electron chi connectivity index (χ1n) is 4.91. The highest BCUT2D eigenvalue weighted by atomic mass is 32.1. The van der Waals surface area contributed by atoms with E-state index in [4.69, 9.17) is 5.26 Å². The molecule has 4 heteroatoms. The Labute approximate surface area is 98.4 Å². The van der Waals surface area contributed by atoms with Crippen LogP contribution in [0, 0.1) is 18.3 Å². The van der Waals surface area contributed by atoms with Crippen molar-refractivity contribution in [2.24, 2.45) is 0 Å². The van der Waals surface area contributed by atoms with Crippen LogP contribution < -0.4 is 5.32 Å². The Balaban J connectivity index is 2.21. The van der Waals surface area contributed by atoms with Crippen molar-refractivity contribution in [3.8, 4) is 6.07 Å². The molecule has 0 bridgehead atoms. The second-order valence-electron chi connectivity index (χ2n) is 3.43. The molecule has 1 atom stereocenters. The third kappa shape index (κ3) is 2.20. The molecule has 16 heavy (non-hydrogen) atoms. The van der Waals surface area contributed by atoms with Gasteiger partial charge in [0.15, 0.2) is 6.04 Å². The second kappa shape index (κ2) is 4.77. The first-order valence-corrected chi connectivity index (χ1v) is 5.79. The number of hydrogen-bond acceptors (Lipinski definition) is 4. The lowest BCUT2D eigenvalue weighted by Gasteiger charge is -2.12. The van der Waals surface area contributed by atoms with E-state index in [1.54, 1.807) is 11.7 Å². The molecular weight excluding hydrogens is 218 g/mol. The number of anilines is 1. The fourth-order valence-electron chi connectivity index (χ4n) is 1.43. The zero-order valence-electron chi connectivity index (χ0n) is 8.84. The lowest BCUT2D eigenvalue weighted by Crippen LogP contribution is -2.07. The van der Waals surface area contributed by atoms with Crippen LogP contribution in [0.1, 0.15) is 16.5 Å². The number of benzene rings is 1. The number of rotatable bonds is 3. The number of hydrogen-bond donors (Lipinski definition) is 1. The summed E-state index contributed by atoms with van der Waals surface area (Å²) in [5, 5.41) is 12.3. The minimum absolute atomic E-state index is 0.325. The van der Waals surface area contributed by atoms with Gasteiger partial charge in [-0.3, -0.25) is 4.98 Å². The van der Waals surface area contributed by atoms with Crippen LogP contribution >= 0.6 is 11.3 Å². The Morgan fingerprint density at radius 2 is 2.25 bits per heavy atom. The smallest absolute Gasteiger partial charge is 0.151 e. The predicted molar refractivity (Wildman–Crippen MR) is 65.3 cm³/mol. The van der Waals surface area contributed by atoms with E-state index in [1.165, 1.54) is 11.3 Å². The maximum absolute atomic E-state index is 9.12. The highest BCUT2D eigenvalue weighted by Crippen LogP contribution is 2.23. The molecule has 0 aliphatic rings. The van der Waals surface area contributed by atoms with Crippen molar-refractivity contribution in [1.82, 2.24) is 4.98 Å². The lowest BCUT2D eigenvalue weighted by atomic mass is 10.2. The van der Waals surface area contributed by atoms with Crippen LogP contribution in [0.4, 0.5) is 5.69 Å². The predicted octanol–water partition coefficient (Wildman–Crippen LogP) is 3.13. The van der Waals surface area contributed by atoms with Crippen LogP contribution in [0.15, 0.2) is 36.0 Å². The Morgan fingerprint density at radius 3 is 2.88 bits per heavy atom. The summed E-state index contributed by atoms with van der Waals surface area (Å²) in [5.41, 5.74) is 3.86. The topological polar surface area (TPSA) is 48.7 Å². The van der Waals surface area contributed by atoms with Crippen LogP contribution in [0.2, 0.25) is 0 Å². The summed E-state index contributed by atoms with van der Waals surface area (Å²) in [6.45, 7) is 2.02. The van der Waals surface area contributed by atoms with Gasteiger partial charge in [0.1, 0.15) is 0 Å². The van der Waals surface area contributed by atoms with Crippen molar-refractivity contribution in [2.75, 3.05) is 5.32 Å². The third-order valence-corrected chi connectivity index (χ3v) is 3.15. The van der Waals surface area contributed by atoms with Crippen molar-refractivity contribution in [2.45, 2.75) is 13.0 Å². The minimum atomic E-state index is -0.325. The van der Waals surface area contributed by atoms with Gasteiger partial charge in [-0.2, -0.15) is 5.26 Å². The summed E-state index contributed by atoms with van der Waals surface area (Å²) in [6.07, 6.45) is 1.73. The number of para-hydroxylation sites is 1.